The number of ether oxygens (including phenoxy) is 4. The summed E-state index contributed by atoms with van der Waals surface area (Å²) in [7, 11) is 0. The van der Waals surface area contributed by atoms with E-state index in [0.717, 1.165) is 46.6 Å². The van der Waals surface area contributed by atoms with Crippen molar-refractivity contribution in [1.82, 2.24) is 4.57 Å². The maximum absolute atomic E-state index is 12.5. The van der Waals surface area contributed by atoms with Gasteiger partial charge in [0.1, 0.15) is 18.0 Å². The first-order valence-corrected chi connectivity index (χ1v) is 12.1. The molecule has 0 radical (unpaired) electrons. The van der Waals surface area contributed by atoms with Crippen molar-refractivity contribution in [3.05, 3.63) is 53.7 Å². The van der Waals surface area contributed by atoms with Crippen LogP contribution in [-0.2, 0) is 22.6 Å². The summed E-state index contributed by atoms with van der Waals surface area (Å²) in [6, 6.07) is 14.4. The molecular formula is C28H35NO5. The highest BCUT2D eigenvalue weighted by Gasteiger charge is 2.28. The molecule has 6 heteroatoms. The first-order valence-electron chi connectivity index (χ1n) is 12.1. The summed E-state index contributed by atoms with van der Waals surface area (Å²) in [6.07, 6.45) is 2.29. The van der Waals surface area contributed by atoms with E-state index < -0.39 is 5.60 Å². The van der Waals surface area contributed by atoms with Crippen LogP contribution in [0.2, 0.25) is 0 Å². The van der Waals surface area contributed by atoms with E-state index in [9.17, 15) is 4.79 Å². The second-order valence-electron chi connectivity index (χ2n) is 9.65. The zero-order valence-electron chi connectivity index (χ0n) is 20.8. The van der Waals surface area contributed by atoms with Crippen molar-refractivity contribution in [3.8, 4) is 17.2 Å². The molecule has 1 aliphatic heterocycles. The van der Waals surface area contributed by atoms with Gasteiger partial charge in [-0.2, -0.15) is 0 Å². The van der Waals surface area contributed by atoms with E-state index >= 15 is 0 Å². The van der Waals surface area contributed by atoms with Crippen LogP contribution in [0, 0.1) is 0 Å². The largest absolute Gasteiger partial charge is 0.490 e. The Kier molecular flexibility index (Phi) is 7.05. The third-order valence-corrected chi connectivity index (χ3v) is 5.83. The number of carbonyl (C=O) groups is 1. The van der Waals surface area contributed by atoms with Gasteiger partial charge in [0.2, 0.25) is 0 Å². The van der Waals surface area contributed by atoms with Crippen LogP contribution in [0.15, 0.2) is 42.5 Å². The Hall–Kier alpha value is -3.15. The number of nitrogens with zero attached hydrogens (tertiary/aromatic N) is 1. The lowest BCUT2D eigenvalue weighted by Crippen LogP contribution is -2.25. The number of hydrogen-bond donors (Lipinski definition) is 0. The lowest BCUT2D eigenvalue weighted by Gasteiger charge is -2.22. The van der Waals surface area contributed by atoms with Gasteiger partial charge in [0.05, 0.1) is 25.2 Å². The van der Waals surface area contributed by atoms with Crippen LogP contribution in [-0.4, -0.2) is 29.4 Å². The quantitative estimate of drug-likeness (QED) is 0.350. The SMILES string of the molecule is CCOc1ccc(COc2ccc3cc4n(c3c2)C(CC(=O)OC(C)(C)C)CC4)cc1OCC. The second kappa shape index (κ2) is 10.00. The Labute approximate surface area is 201 Å². The maximum atomic E-state index is 12.5. The summed E-state index contributed by atoms with van der Waals surface area (Å²) in [5.41, 5.74) is 2.89. The van der Waals surface area contributed by atoms with Gasteiger partial charge in [0.25, 0.3) is 0 Å². The van der Waals surface area contributed by atoms with Crippen molar-refractivity contribution >= 4 is 16.9 Å². The second-order valence-corrected chi connectivity index (χ2v) is 9.65. The highest BCUT2D eigenvalue weighted by molar-refractivity contribution is 5.84. The molecule has 2 heterocycles. The number of hydrogen-bond acceptors (Lipinski definition) is 5. The number of aromatic nitrogens is 1. The van der Waals surface area contributed by atoms with E-state index in [1.165, 1.54) is 5.69 Å². The number of benzene rings is 2. The average molecular weight is 466 g/mol. The van der Waals surface area contributed by atoms with Crippen molar-refractivity contribution < 1.29 is 23.7 Å². The van der Waals surface area contributed by atoms with Crippen LogP contribution in [0.5, 0.6) is 17.2 Å². The zero-order valence-corrected chi connectivity index (χ0v) is 20.8. The van der Waals surface area contributed by atoms with E-state index in [1.54, 1.807) is 0 Å². The highest BCUT2D eigenvalue weighted by Crippen LogP contribution is 2.37. The predicted octanol–water partition coefficient (Wildman–Crippen LogP) is 6.24. The van der Waals surface area contributed by atoms with Crippen LogP contribution < -0.4 is 14.2 Å². The molecule has 0 saturated carbocycles. The fraction of sp³-hybridized carbons (Fsp3) is 0.464. The van der Waals surface area contributed by atoms with Crippen LogP contribution in [0.3, 0.4) is 0 Å². The number of fused-ring (bicyclic) bond motifs is 3. The molecule has 0 fully saturated rings. The Balaban J connectivity index is 1.50. The molecule has 2 aromatic carbocycles. The Morgan fingerprint density at radius 1 is 0.971 bits per heavy atom. The van der Waals surface area contributed by atoms with Crippen molar-refractivity contribution in [3.63, 3.8) is 0 Å². The van der Waals surface area contributed by atoms with Crippen molar-refractivity contribution in [2.24, 2.45) is 0 Å². The van der Waals surface area contributed by atoms with Gasteiger partial charge in [-0.05, 0) is 83.4 Å². The predicted molar refractivity (Wildman–Crippen MR) is 133 cm³/mol. The van der Waals surface area contributed by atoms with Gasteiger partial charge in [-0.15, -0.1) is 0 Å². The fourth-order valence-electron chi connectivity index (χ4n) is 4.54. The minimum Gasteiger partial charge on any atom is -0.490 e. The van der Waals surface area contributed by atoms with E-state index in [1.807, 2.05) is 58.9 Å². The van der Waals surface area contributed by atoms with Crippen molar-refractivity contribution in [2.75, 3.05) is 13.2 Å². The third kappa shape index (κ3) is 5.49. The molecule has 6 nitrogen and oxygen atoms in total. The third-order valence-electron chi connectivity index (χ3n) is 5.83. The van der Waals surface area contributed by atoms with E-state index in [2.05, 4.69) is 22.8 Å². The first kappa shape index (κ1) is 24.0. The molecule has 0 spiro atoms. The van der Waals surface area contributed by atoms with Gasteiger partial charge < -0.3 is 23.5 Å². The minimum atomic E-state index is -0.471. The van der Waals surface area contributed by atoms with Crippen LogP contribution in [0.25, 0.3) is 10.9 Å². The summed E-state index contributed by atoms with van der Waals surface area (Å²) in [5.74, 6) is 2.12. The van der Waals surface area contributed by atoms with Gasteiger partial charge in [-0.1, -0.05) is 6.07 Å². The number of carbonyl (C=O) groups excluding carboxylic acids is 1. The van der Waals surface area contributed by atoms with Crippen LogP contribution >= 0.6 is 0 Å². The standard InChI is InChI=1S/C28H35NO5/c1-6-31-25-13-8-19(14-26(25)32-7-2)18-33-23-12-9-20-15-21-10-11-22(29(21)24(20)17-23)16-27(30)34-28(3,4)5/h8-9,12-15,17,22H,6-7,10-11,16,18H2,1-5H3. The normalized spacial score (nSPS) is 15.3. The zero-order chi connectivity index (χ0) is 24.3. The molecule has 0 amide bonds. The molecule has 0 aliphatic carbocycles. The molecule has 1 aromatic heterocycles. The number of rotatable bonds is 9. The highest BCUT2D eigenvalue weighted by atomic mass is 16.6. The van der Waals surface area contributed by atoms with Gasteiger partial charge in [0, 0.05) is 23.2 Å². The van der Waals surface area contributed by atoms with Crippen molar-refractivity contribution in [2.45, 2.75) is 72.1 Å². The van der Waals surface area contributed by atoms with Gasteiger partial charge in [-0.3, -0.25) is 4.79 Å². The molecule has 0 bridgehead atoms. The molecule has 0 saturated heterocycles. The van der Waals surface area contributed by atoms with Gasteiger partial charge in [-0.25, -0.2) is 0 Å². The van der Waals surface area contributed by atoms with Crippen LogP contribution in [0.4, 0.5) is 0 Å². The molecular weight excluding hydrogens is 430 g/mol. The van der Waals surface area contributed by atoms with Crippen LogP contribution in [0.1, 0.15) is 64.8 Å². The summed E-state index contributed by atoms with van der Waals surface area (Å²) >= 11 is 0. The fourth-order valence-corrected chi connectivity index (χ4v) is 4.54. The Morgan fingerprint density at radius 2 is 1.74 bits per heavy atom. The van der Waals surface area contributed by atoms with Gasteiger partial charge in [0.15, 0.2) is 11.5 Å². The monoisotopic (exact) mass is 465 g/mol. The van der Waals surface area contributed by atoms with E-state index in [-0.39, 0.29) is 12.0 Å². The molecule has 1 aliphatic rings. The molecule has 4 rings (SSSR count). The molecule has 34 heavy (non-hydrogen) atoms. The molecule has 3 aromatic rings. The summed E-state index contributed by atoms with van der Waals surface area (Å²) in [6.45, 7) is 11.2. The number of aryl methyl sites for hydroxylation is 1. The molecule has 182 valence electrons. The summed E-state index contributed by atoms with van der Waals surface area (Å²) in [4.78, 5) is 12.5. The molecule has 0 N–H and O–H groups in total. The lowest BCUT2D eigenvalue weighted by atomic mass is 10.1. The maximum Gasteiger partial charge on any atom is 0.308 e. The summed E-state index contributed by atoms with van der Waals surface area (Å²) in [5, 5.41) is 1.16. The number of esters is 1. The molecule has 1 unspecified atom stereocenters. The Morgan fingerprint density at radius 3 is 2.47 bits per heavy atom. The molecule has 1 atom stereocenters. The minimum absolute atomic E-state index is 0.109. The van der Waals surface area contributed by atoms with E-state index in [4.69, 9.17) is 18.9 Å². The van der Waals surface area contributed by atoms with Crippen molar-refractivity contribution in [1.29, 1.82) is 0 Å². The Bertz CT molecular complexity index is 1160. The lowest BCUT2D eigenvalue weighted by molar-refractivity contribution is -0.155. The average Bonchev–Trinajstić information content (AvgIpc) is 3.32. The summed E-state index contributed by atoms with van der Waals surface area (Å²) < 4.78 is 25.4. The van der Waals surface area contributed by atoms with Gasteiger partial charge >= 0.3 is 5.97 Å². The smallest absolute Gasteiger partial charge is 0.308 e. The first-order chi connectivity index (χ1) is 16.3. The van der Waals surface area contributed by atoms with E-state index in [0.29, 0.717) is 26.2 Å². The topological polar surface area (TPSA) is 58.9 Å².